The third kappa shape index (κ3) is 5.32. The van der Waals surface area contributed by atoms with E-state index in [-0.39, 0.29) is 12.7 Å². The van der Waals surface area contributed by atoms with Gasteiger partial charge in [-0.3, -0.25) is 0 Å². The Bertz CT molecular complexity index is 621. The van der Waals surface area contributed by atoms with Crippen LogP contribution in [-0.4, -0.2) is 18.7 Å². The van der Waals surface area contributed by atoms with Gasteiger partial charge >= 0.3 is 5.97 Å². The summed E-state index contributed by atoms with van der Waals surface area (Å²) in [6.45, 7) is 2.07. The molecule has 0 bridgehead atoms. The lowest BCUT2D eigenvalue weighted by Crippen LogP contribution is -2.20. The second kappa shape index (κ2) is 7.88. The highest BCUT2D eigenvalue weighted by Crippen LogP contribution is 2.13. The molecule has 1 atom stereocenters. The summed E-state index contributed by atoms with van der Waals surface area (Å²) in [6, 6.07) is 16.6. The first kappa shape index (κ1) is 15.6. The molecule has 0 saturated carbocycles. The van der Waals surface area contributed by atoms with Crippen LogP contribution < -0.4 is 10.5 Å². The van der Waals surface area contributed by atoms with Gasteiger partial charge in [-0.05, 0) is 42.8 Å². The number of nitrogen functional groups attached to an aromatic ring is 1. The second-order valence-corrected chi connectivity index (χ2v) is 4.87. The standard InChI is InChI=1S/C18H19NO3/c1-14(13-21-17-10-8-16(19)9-11-17)22-18(20)12-7-15-5-3-2-4-6-15/h2-12,14H,13,19H2,1H3/b12-7+. The van der Waals surface area contributed by atoms with Crippen LogP contribution in [-0.2, 0) is 9.53 Å². The van der Waals surface area contributed by atoms with Crippen molar-refractivity contribution in [3.63, 3.8) is 0 Å². The summed E-state index contributed by atoms with van der Waals surface area (Å²) in [5.41, 5.74) is 7.23. The molecule has 2 rings (SSSR count). The van der Waals surface area contributed by atoms with Gasteiger partial charge in [0.25, 0.3) is 0 Å². The lowest BCUT2D eigenvalue weighted by atomic mass is 10.2. The first-order chi connectivity index (χ1) is 10.6. The Hall–Kier alpha value is -2.75. The Morgan fingerprint density at radius 2 is 1.82 bits per heavy atom. The van der Waals surface area contributed by atoms with Gasteiger partial charge in [0.1, 0.15) is 18.5 Å². The fourth-order valence-corrected chi connectivity index (χ4v) is 1.78. The molecule has 2 N–H and O–H groups in total. The number of rotatable bonds is 6. The number of anilines is 1. The molecule has 0 aliphatic carbocycles. The number of carbonyl (C=O) groups is 1. The van der Waals surface area contributed by atoms with Crippen LogP contribution in [0.2, 0.25) is 0 Å². The van der Waals surface area contributed by atoms with E-state index in [0.29, 0.717) is 11.4 Å². The fraction of sp³-hybridized carbons (Fsp3) is 0.167. The predicted molar refractivity (Wildman–Crippen MR) is 87.4 cm³/mol. The van der Waals surface area contributed by atoms with Gasteiger partial charge in [-0.1, -0.05) is 30.3 Å². The van der Waals surface area contributed by atoms with E-state index in [9.17, 15) is 4.79 Å². The maximum Gasteiger partial charge on any atom is 0.331 e. The Morgan fingerprint density at radius 1 is 1.14 bits per heavy atom. The maximum atomic E-state index is 11.7. The summed E-state index contributed by atoms with van der Waals surface area (Å²) in [4.78, 5) is 11.7. The average molecular weight is 297 g/mol. The topological polar surface area (TPSA) is 61.6 Å². The van der Waals surface area contributed by atoms with E-state index < -0.39 is 5.97 Å². The number of hydrogen-bond acceptors (Lipinski definition) is 4. The molecule has 0 radical (unpaired) electrons. The summed E-state index contributed by atoms with van der Waals surface area (Å²) < 4.78 is 10.8. The third-order valence-corrected chi connectivity index (χ3v) is 2.89. The minimum absolute atomic E-state index is 0.287. The van der Waals surface area contributed by atoms with Crippen molar-refractivity contribution in [1.29, 1.82) is 0 Å². The van der Waals surface area contributed by atoms with Crippen LogP contribution in [0.15, 0.2) is 60.7 Å². The van der Waals surface area contributed by atoms with Crippen LogP contribution in [0.4, 0.5) is 5.69 Å². The van der Waals surface area contributed by atoms with E-state index in [2.05, 4.69) is 0 Å². The molecule has 0 fully saturated rings. The van der Waals surface area contributed by atoms with Crippen molar-refractivity contribution < 1.29 is 14.3 Å². The lowest BCUT2D eigenvalue weighted by molar-refractivity contribution is -0.143. The molecule has 114 valence electrons. The molecule has 1 unspecified atom stereocenters. The lowest BCUT2D eigenvalue weighted by Gasteiger charge is -2.13. The minimum atomic E-state index is -0.391. The molecule has 22 heavy (non-hydrogen) atoms. The molecule has 0 heterocycles. The van der Waals surface area contributed by atoms with Gasteiger partial charge in [-0.15, -0.1) is 0 Å². The molecule has 0 saturated heterocycles. The van der Waals surface area contributed by atoms with Gasteiger partial charge in [0, 0.05) is 11.8 Å². The Morgan fingerprint density at radius 3 is 2.50 bits per heavy atom. The smallest absolute Gasteiger partial charge is 0.331 e. The molecule has 0 aliphatic heterocycles. The largest absolute Gasteiger partial charge is 0.490 e. The predicted octanol–water partition coefficient (Wildman–Crippen LogP) is 3.29. The van der Waals surface area contributed by atoms with E-state index in [1.54, 1.807) is 37.3 Å². The third-order valence-electron chi connectivity index (χ3n) is 2.89. The van der Waals surface area contributed by atoms with Gasteiger partial charge in [0.15, 0.2) is 0 Å². The molecule has 0 spiro atoms. The summed E-state index contributed by atoms with van der Waals surface area (Å²) in [6.07, 6.45) is 2.79. The highest BCUT2D eigenvalue weighted by molar-refractivity contribution is 5.87. The Balaban J connectivity index is 1.76. The zero-order valence-corrected chi connectivity index (χ0v) is 12.4. The van der Waals surface area contributed by atoms with Gasteiger partial charge in [-0.25, -0.2) is 4.79 Å². The first-order valence-electron chi connectivity index (χ1n) is 7.05. The van der Waals surface area contributed by atoms with Gasteiger partial charge in [0.05, 0.1) is 0 Å². The van der Waals surface area contributed by atoms with Crippen molar-refractivity contribution in [3.05, 3.63) is 66.2 Å². The van der Waals surface area contributed by atoms with Crippen LogP contribution in [0.5, 0.6) is 5.75 Å². The van der Waals surface area contributed by atoms with Crippen molar-refractivity contribution in [3.8, 4) is 5.75 Å². The number of nitrogens with two attached hydrogens (primary N) is 1. The molecule has 0 aromatic heterocycles. The van der Waals surface area contributed by atoms with Crippen LogP contribution in [0.1, 0.15) is 12.5 Å². The van der Waals surface area contributed by atoms with Crippen molar-refractivity contribution >= 4 is 17.7 Å². The summed E-state index contributed by atoms with van der Waals surface area (Å²) in [5, 5.41) is 0. The van der Waals surface area contributed by atoms with Crippen molar-refractivity contribution in [2.75, 3.05) is 12.3 Å². The molecule has 4 heteroatoms. The van der Waals surface area contributed by atoms with Gasteiger partial charge < -0.3 is 15.2 Å². The molecule has 2 aromatic rings. The van der Waals surface area contributed by atoms with Crippen molar-refractivity contribution in [1.82, 2.24) is 0 Å². The summed E-state index contributed by atoms with van der Waals surface area (Å²) in [7, 11) is 0. The monoisotopic (exact) mass is 297 g/mol. The van der Waals surface area contributed by atoms with Crippen LogP contribution in [0, 0.1) is 0 Å². The number of benzene rings is 2. The van der Waals surface area contributed by atoms with Gasteiger partial charge in [0.2, 0.25) is 0 Å². The first-order valence-corrected chi connectivity index (χ1v) is 7.05. The molecule has 0 aliphatic rings. The summed E-state index contributed by atoms with van der Waals surface area (Å²) in [5.74, 6) is 0.300. The van der Waals surface area contributed by atoms with E-state index >= 15 is 0 Å². The van der Waals surface area contributed by atoms with Crippen molar-refractivity contribution in [2.24, 2.45) is 0 Å². The molecule has 2 aromatic carbocycles. The van der Waals surface area contributed by atoms with E-state index in [4.69, 9.17) is 15.2 Å². The van der Waals surface area contributed by atoms with E-state index in [1.165, 1.54) is 6.08 Å². The van der Waals surface area contributed by atoms with Crippen LogP contribution in [0.25, 0.3) is 6.08 Å². The normalized spacial score (nSPS) is 12.0. The number of carbonyl (C=O) groups excluding carboxylic acids is 1. The van der Waals surface area contributed by atoms with E-state index in [1.807, 2.05) is 30.3 Å². The van der Waals surface area contributed by atoms with Crippen LogP contribution in [0.3, 0.4) is 0 Å². The zero-order valence-electron chi connectivity index (χ0n) is 12.4. The number of esters is 1. The molecule has 0 amide bonds. The molecular weight excluding hydrogens is 278 g/mol. The minimum Gasteiger partial charge on any atom is -0.490 e. The maximum absolute atomic E-state index is 11.7. The highest BCUT2D eigenvalue weighted by Gasteiger charge is 2.07. The van der Waals surface area contributed by atoms with Crippen molar-refractivity contribution in [2.45, 2.75) is 13.0 Å². The van der Waals surface area contributed by atoms with E-state index in [0.717, 1.165) is 5.56 Å². The molecule has 4 nitrogen and oxygen atoms in total. The quantitative estimate of drug-likeness (QED) is 0.505. The average Bonchev–Trinajstić information content (AvgIpc) is 2.53. The molecular formula is C18H19NO3. The Labute approximate surface area is 130 Å². The zero-order chi connectivity index (χ0) is 15.8. The fourth-order valence-electron chi connectivity index (χ4n) is 1.78. The second-order valence-electron chi connectivity index (χ2n) is 4.87. The number of ether oxygens (including phenoxy) is 2. The van der Waals surface area contributed by atoms with Gasteiger partial charge in [-0.2, -0.15) is 0 Å². The summed E-state index contributed by atoms with van der Waals surface area (Å²) >= 11 is 0. The Kier molecular flexibility index (Phi) is 5.60. The highest BCUT2D eigenvalue weighted by atomic mass is 16.6. The number of hydrogen-bond donors (Lipinski definition) is 1. The van der Waals surface area contributed by atoms with Crippen LogP contribution >= 0.6 is 0 Å². The SMILES string of the molecule is CC(COc1ccc(N)cc1)OC(=O)/C=C/c1ccccc1.